The average Bonchev–Trinajstić information content (AvgIpc) is 3.23. The Morgan fingerprint density at radius 2 is 2.32 bits per heavy atom. The molecule has 2 rings (SSSR count). The number of nitrogens with two attached hydrogens (primary N) is 1. The molecule has 0 spiro atoms. The molecule has 0 bridgehead atoms. The number of ether oxygens (including phenoxy) is 1. The van der Waals surface area contributed by atoms with E-state index < -0.39 is 0 Å². The summed E-state index contributed by atoms with van der Waals surface area (Å²) in [5.74, 6) is 0.612. The predicted octanol–water partition coefficient (Wildman–Crippen LogP) is 2.71. The van der Waals surface area contributed by atoms with Gasteiger partial charge in [-0.05, 0) is 34.8 Å². The van der Waals surface area contributed by atoms with Crippen molar-refractivity contribution >= 4 is 21.6 Å². The minimum absolute atomic E-state index is 0.248. The molecule has 0 unspecified atom stereocenters. The fourth-order valence-electron chi connectivity index (χ4n) is 1.74. The van der Waals surface area contributed by atoms with Crippen LogP contribution in [0, 0.1) is 11.3 Å². The van der Waals surface area contributed by atoms with Gasteiger partial charge in [0.2, 0.25) is 0 Å². The molecule has 1 aromatic carbocycles. The highest BCUT2D eigenvalue weighted by Gasteiger charge is 2.25. The minimum atomic E-state index is 0.248. The summed E-state index contributed by atoms with van der Waals surface area (Å²) < 4.78 is 6.40. The molecule has 4 nitrogen and oxygen atoms in total. The zero-order chi connectivity index (χ0) is 13.8. The summed E-state index contributed by atoms with van der Waals surface area (Å²) in [6.45, 7) is 0. The molecule has 1 aromatic rings. The van der Waals surface area contributed by atoms with Crippen LogP contribution in [0.5, 0.6) is 5.75 Å². The number of nitrogens with zero attached hydrogens (tertiary/aromatic N) is 2. The van der Waals surface area contributed by atoms with Gasteiger partial charge in [0, 0.05) is 18.8 Å². The first-order valence-corrected chi connectivity index (χ1v) is 6.75. The maximum Gasteiger partial charge on any atom is 0.138 e. The Hall–Kier alpha value is -1.80. The molecule has 5 heteroatoms. The van der Waals surface area contributed by atoms with E-state index in [2.05, 4.69) is 27.0 Å². The fraction of sp³-hybridized carbons (Fsp3) is 0.286. The number of aliphatic imine (C=N–C) groups is 1. The van der Waals surface area contributed by atoms with Crippen molar-refractivity contribution in [2.75, 3.05) is 7.05 Å². The molecule has 2 N–H and O–H groups in total. The van der Waals surface area contributed by atoms with E-state index >= 15 is 0 Å². The maximum absolute atomic E-state index is 9.38. The number of hydrogen-bond donors (Lipinski definition) is 1. The Bertz CT molecular complexity index is 583. The summed E-state index contributed by atoms with van der Waals surface area (Å²) in [5, 5.41) is 9.38. The topological polar surface area (TPSA) is 71.4 Å². The Morgan fingerprint density at radius 3 is 2.84 bits per heavy atom. The number of hydrogen-bond acceptors (Lipinski definition) is 4. The number of rotatable bonds is 4. The van der Waals surface area contributed by atoms with Crippen molar-refractivity contribution in [3.63, 3.8) is 0 Å². The Labute approximate surface area is 120 Å². The van der Waals surface area contributed by atoms with Gasteiger partial charge in [0.25, 0.3) is 0 Å². The second-order valence-corrected chi connectivity index (χ2v) is 5.05. The molecule has 98 valence electrons. The summed E-state index contributed by atoms with van der Waals surface area (Å²) in [4.78, 5) is 4.19. The zero-order valence-corrected chi connectivity index (χ0v) is 12.1. The molecule has 0 radical (unpaired) electrons. The average molecular weight is 320 g/mol. The molecule has 0 saturated heterocycles. The molecule has 1 fully saturated rings. The third-order valence-corrected chi connectivity index (χ3v) is 3.45. The zero-order valence-electron chi connectivity index (χ0n) is 10.6. The van der Waals surface area contributed by atoms with Crippen LogP contribution in [0.4, 0.5) is 0 Å². The summed E-state index contributed by atoms with van der Waals surface area (Å²) in [6.07, 6.45) is 3.77. The van der Waals surface area contributed by atoms with E-state index in [-0.39, 0.29) is 6.10 Å². The monoisotopic (exact) mass is 319 g/mol. The van der Waals surface area contributed by atoms with E-state index in [4.69, 9.17) is 10.5 Å². The third kappa shape index (κ3) is 2.96. The fourth-order valence-corrected chi connectivity index (χ4v) is 2.13. The molecule has 0 atom stereocenters. The second kappa shape index (κ2) is 5.89. The Morgan fingerprint density at radius 1 is 1.58 bits per heavy atom. The van der Waals surface area contributed by atoms with Crippen LogP contribution in [0.2, 0.25) is 0 Å². The van der Waals surface area contributed by atoms with Crippen LogP contribution in [0.3, 0.4) is 0 Å². The summed E-state index contributed by atoms with van der Waals surface area (Å²) in [7, 11) is 1.66. The lowest BCUT2D eigenvalue weighted by Gasteiger charge is -2.11. The van der Waals surface area contributed by atoms with Crippen molar-refractivity contribution in [1.29, 1.82) is 5.26 Å². The minimum Gasteiger partial charge on any atom is -0.489 e. The molecular weight excluding hydrogens is 306 g/mol. The van der Waals surface area contributed by atoms with Gasteiger partial charge in [0.05, 0.1) is 16.3 Å². The van der Waals surface area contributed by atoms with Crippen molar-refractivity contribution in [1.82, 2.24) is 0 Å². The van der Waals surface area contributed by atoms with Gasteiger partial charge in [-0.25, -0.2) is 0 Å². The van der Waals surface area contributed by atoms with E-state index in [1.807, 2.05) is 18.2 Å². The van der Waals surface area contributed by atoms with E-state index in [0.29, 0.717) is 21.5 Å². The highest BCUT2D eigenvalue weighted by molar-refractivity contribution is 9.12. The van der Waals surface area contributed by atoms with Crippen molar-refractivity contribution < 1.29 is 4.74 Å². The van der Waals surface area contributed by atoms with Crippen LogP contribution in [-0.2, 0) is 0 Å². The van der Waals surface area contributed by atoms with Gasteiger partial charge >= 0.3 is 0 Å². The largest absolute Gasteiger partial charge is 0.489 e. The molecule has 1 aliphatic rings. The van der Waals surface area contributed by atoms with Crippen molar-refractivity contribution in [3.8, 4) is 11.8 Å². The first kappa shape index (κ1) is 13.6. The maximum atomic E-state index is 9.38. The van der Waals surface area contributed by atoms with Crippen molar-refractivity contribution in [3.05, 3.63) is 40.0 Å². The van der Waals surface area contributed by atoms with Crippen molar-refractivity contribution in [2.45, 2.75) is 18.9 Å². The van der Waals surface area contributed by atoms with Gasteiger partial charge in [0.1, 0.15) is 17.4 Å². The van der Waals surface area contributed by atoms with Gasteiger partial charge in [-0.3, -0.25) is 4.99 Å². The predicted molar refractivity (Wildman–Crippen MR) is 78.5 cm³/mol. The smallest absolute Gasteiger partial charge is 0.138 e. The normalized spacial score (nSPS) is 16.1. The van der Waals surface area contributed by atoms with E-state index in [0.717, 1.165) is 18.4 Å². The molecule has 0 amide bonds. The van der Waals surface area contributed by atoms with E-state index in [1.54, 1.807) is 7.05 Å². The molecule has 0 aliphatic heterocycles. The molecule has 1 saturated carbocycles. The quantitative estimate of drug-likeness (QED) is 0.867. The van der Waals surface area contributed by atoms with Gasteiger partial charge < -0.3 is 10.5 Å². The third-order valence-electron chi connectivity index (χ3n) is 2.81. The van der Waals surface area contributed by atoms with Crippen LogP contribution in [0.25, 0.3) is 0 Å². The van der Waals surface area contributed by atoms with Gasteiger partial charge in [-0.2, -0.15) is 5.26 Å². The Balaban J connectivity index is 2.47. The van der Waals surface area contributed by atoms with Gasteiger partial charge in [-0.1, -0.05) is 12.1 Å². The number of nitriles is 1. The standard InChI is InChI=1S/C14H14BrN3O/c1-18-14(12(15)8-17)10-3-2-4-13(11(10)7-16)19-9-5-6-9/h2-4,8-9H,5-6,17H2,1H3. The van der Waals surface area contributed by atoms with E-state index in [1.165, 1.54) is 6.20 Å². The van der Waals surface area contributed by atoms with Crippen LogP contribution in [0.1, 0.15) is 24.0 Å². The van der Waals surface area contributed by atoms with E-state index in [9.17, 15) is 5.26 Å². The van der Waals surface area contributed by atoms with Gasteiger partial charge in [-0.15, -0.1) is 0 Å². The van der Waals surface area contributed by atoms with Crippen LogP contribution < -0.4 is 10.5 Å². The molecule has 0 aromatic heterocycles. The first-order chi connectivity index (χ1) is 9.21. The second-order valence-electron chi connectivity index (χ2n) is 4.19. The lowest BCUT2D eigenvalue weighted by Crippen LogP contribution is -2.08. The Kier molecular flexibility index (Phi) is 4.23. The number of benzene rings is 1. The SMILES string of the molecule is CN=C(C(Br)=CN)c1cccc(OC2CC2)c1C#N. The molecular formula is C14H14BrN3O. The molecule has 1 aliphatic carbocycles. The lowest BCUT2D eigenvalue weighted by atomic mass is 10.0. The van der Waals surface area contributed by atoms with Crippen molar-refractivity contribution in [2.24, 2.45) is 10.7 Å². The highest BCUT2D eigenvalue weighted by Crippen LogP contribution is 2.31. The van der Waals surface area contributed by atoms with Crippen LogP contribution >= 0.6 is 15.9 Å². The van der Waals surface area contributed by atoms with Gasteiger partial charge in [0.15, 0.2) is 0 Å². The first-order valence-electron chi connectivity index (χ1n) is 5.96. The molecule has 0 heterocycles. The highest BCUT2D eigenvalue weighted by atomic mass is 79.9. The van der Waals surface area contributed by atoms with Crippen LogP contribution in [0.15, 0.2) is 33.9 Å². The summed E-state index contributed by atoms with van der Waals surface area (Å²) in [5.41, 5.74) is 7.35. The molecule has 19 heavy (non-hydrogen) atoms. The summed E-state index contributed by atoms with van der Waals surface area (Å²) in [6, 6.07) is 7.71. The number of halogens is 1. The number of allylic oxidation sites excluding steroid dienone is 1. The summed E-state index contributed by atoms with van der Waals surface area (Å²) >= 11 is 3.35. The lowest BCUT2D eigenvalue weighted by molar-refractivity contribution is 0.302. The van der Waals surface area contributed by atoms with Crippen LogP contribution in [-0.4, -0.2) is 18.9 Å².